The predicted molar refractivity (Wildman–Crippen MR) is 47.4 cm³/mol. The molecule has 1 N–H and O–H groups in total. The van der Waals surface area contributed by atoms with Crippen molar-refractivity contribution < 1.29 is 9.46 Å². The third kappa shape index (κ3) is 1.28. The molecule has 0 radical (unpaired) electrons. The minimum Gasteiger partial charge on any atom is -0.333 e. The number of hydrogen-bond donors (Lipinski definition) is 1. The number of hydrogen-bond acceptors (Lipinski definition) is 1. The maximum absolute atomic E-state index is 11.4. The molecule has 0 aromatic carbocycles. The number of rotatable bonds is 0. The van der Waals surface area contributed by atoms with Crippen LogP contribution in [0.2, 0.25) is 0 Å². The molecule has 1 aliphatic heterocycles. The Kier molecular flexibility index (Phi) is 2.31. The van der Waals surface area contributed by atoms with Crippen molar-refractivity contribution in [2.45, 2.75) is 6.04 Å². The molecule has 4 heteroatoms. The number of nitrogens with zero attached hydrogens (tertiary/aromatic N) is 1. The molecule has 1 rings (SSSR count). The average Bonchev–Trinajstić information content (AvgIpc) is 2.24. The van der Waals surface area contributed by atoms with Gasteiger partial charge in [0.1, 0.15) is 0 Å². The van der Waals surface area contributed by atoms with E-state index in [1.807, 2.05) is 0 Å². The van der Waals surface area contributed by atoms with E-state index in [1.54, 1.807) is 0 Å². The Morgan fingerprint density at radius 2 is 2.17 bits per heavy atom. The van der Waals surface area contributed by atoms with Crippen molar-refractivity contribution >= 4 is 7.52 Å². The van der Waals surface area contributed by atoms with Gasteiger partial charge in [-0.1, -0.05) is 5.92 Å². The molecule has 1 saturated heterocycles. The fourth-order valence-corrected chi connectivity index (χ4v) is 3.00. The predicted octanol–water partition coefficient (Wildman–Crippen LogP) is 0.368. The fraction of sp³-hybridized carbons (Fsp3) is 0.500. The Bertz CT molecular complexity index is 312. The SMILES string of the molecule is C#CC1CP(=O)(O)N(C)C1C#C. The van der Waals surface area contributed by atoms with Gasteiger partial charge >= 0.3 is 0 Å². The monoisotopic (exact) mass is 183 g/mol. The van der Waals surface area contributed by atoms with Crippen molar-refractivity contribution in [3.8, 4) is 24.7 Å². The van der Waals surface area contributed by atoms with Crippen LogP contribution < -0.4 is 0 Å². The van der Waals surface area contributed by atoms with Crippen molar-refractivity contribution in [2.24, 2.45) is 5.92 Å². The van der Waals surface area contributed by atoms with Gasteiger partial charge < -0.3 is 4.89 Å². The van der Waals surface area contributed by atoms with E-state index in [0.29, 0.717) is 0 Å². The zero-order valence-electron chi connectivity index (χ0n) is 6.77. The molecule has 1 fully saturated rings. The van der Waals surface area contributed by atoms with Crippen LogP contribution in [-0.4, -0.2) is 28.8 Å². The third-order valence-electron chi connectivity index (χ3n) is 2.10. The summed E-state index contributed by atoms with van der Waals surface area (Å²) in [5.74, 6) is 4.56. The summed E-state index contributed by atoms with van der Waals surface area (Å²) in [6.45, 7) is 0. The second-order valence-corrected chi connectivity index (χ2v) is 5.13. The van der Waals surface area contributed by atoms with Crippen LogP contribution in [-0.2, 0) is 4.57 Å². The second-order valence-electron chi connectivity index (χ2n) is 2.81. The molecule has 3 unspecified atom stereocenters. The molecule has 0 aromatic heterocycles. The molecule has 12 heavy (non-hydrogen) atoms. The molecule has 0 spiro atoms. The van der Waals surface area contributed by atoms with Crippen molar-refractivity contribution in [3.05, 3.63) is 0 Å². The first-order valence-corrected chi connectivity index (χ1v) is 5.30. The van der Waals surface area contributed by atoms with Gasteiger partial charge in [-0.3, -0.25) is 4.57 Å². The molecular formula is C8H10NO2P. The first-order chi connectivity index (χ1) is 5.53. The van der Waals surface area contributed by atoms with Gasteiger partial charge in [-0.25, -0.2) is 4.67 Å². The normalized spacial score (nSPS) is 42.0. The van der Waals surface area contributed by atoms with Gasteiger partial charge in [-0.15, -0.1) is 18.8 Å². The summed E-state index contributed by atoms with van der Waals surface area (Å²) >= 11 is 0. The smallest absolute Gasteiger partial charge is 0.272 e. The Morgan fingerprint density at radius 3 is 2.50 bits per heavy atom. The largest absolute Gasteiger partial charge is 0.333 e. The highest BCUT2D eigenvalue weighted by molar-refractivity contribution is 7.55. The summed E-state index contributed by atoms with van der Waals surface area (Å²) in [6, 6.07) is -0.397. The molecule has 64 valence electrons. The lowest BCUT2D eigenvalue weighted by Gasteiger charge is -2.17. The van der Waals surface area contributed by atoms with Crippen molar-refractivity contribution in [2.75, 3.05) is 13.2 Å². The van der Waals surface area contributed by atoms with Gasteiger partial charge in [0.05, 0.1) is 18.1 Å². The lowest BCUT2D eigenvalue weighted by atomic mass is 10.0. The van der Waals surface area contributed by atoms with E-state index in [-0.39, 0.29) is 12.1 Å². The molecule has 3 atom stereocenters. The topological polar surface area (TPSA) is 40.5 Å². The van der Waals surface area contributed by atoms with E-state index in [9.17, 15) is 9.46 Å². The standard InChI is InChI=1S/C8H10NO2P/c1-4-7-6-12(10,11)9(3)8(7)5-2/h1-2,7-8H,6H2,3H3,(H,10,11). The van der Waals surface area contributed by atoms with Crippen LogP contribution in [0.5, 0.6) is 0 Å². The van der Waals surface area contributed by atoms with Crippen LogP contribution in [0.4, 0.5) is 0 Å². The molecule has 0 bridgehead atoms. The highest BCUT2D eigenvalue weighted by Gasteiger charge is 2.44. The van der Waals surface area contributed by atoms with Gasteiger partial charge in [0.25, 0.3) is 7.52 Å². The quantitative estimate of drug-likeness (QED) is 0.435. The molecule has 1 aliphatic rings. The lowest BCUT2D eigenvalue weighted by Crippen LogP contribution is -2.25. The minimum atomic E-state index is -3.23. The minimum absolute atomic E-state index is 0.106. The van der Waals surface area contributed by atoms with Crippen LogP contribution in [0.25, 0.3) is 0 Å². The fourth-order valence-electron chi connectivity index (χ4n) is 1.31. The maximum atomic E-state index is 11.4. The highest BCUT2D eigenvalue weighted by atomic mass is 31.2. The van der Waals surface area contributed by atoms with Gasteiger partial charge in [-0.2, -0.15) is 0 Å². The van der Waals surface area contributed by atoms with Gasteiger partial charge in [0.15, 0.2) is 0 Å². The maximum Gasteiger partial charge on any atom is 0.272 e. The summed E-state index contributed by atoms with van der Waals surface area (Å²) < 4.78 is 12.7. The van der Waals surface area contributed by atoms with Crippen LogP contribution in [0.3, 0.4) is 0 Å². The van der Waals surface area contributed by atoms with Crippen molar-refractivity contribution in [3.63, 3.8) is 0 Å². The number of terminal acetylenes is 2. The molecule has 0 saturated carbocycles. The molecule has 0 aromatic rings. The van der Waals surface area contributed by atoms with E-state index in [2.05, 4.69) is 11.8 Å². The Balaban J connectivity index is 2.99. The summed E-state index contributed by atoms with van der Waals surface area (Å²) in [4.78, 5) is 9.36. The molecule has 0 amide bonds. The summed E-state index contributed by atoms with van der Waals surface area (Å²) in [5.41, 5.74) is 0. The zero-order valence-corrected chi connectivity index (χ0v) is 7.66. The van der Waals surface area contributed by atoms with E-state index >= 15 is 0 Å². The summed E-state index contributed by atoms with van der Waals surface area (Å²) in [5, 5.41) is 0. The zero-order chi connectivity index (χ0) is 9.35. The van der Waals surface area contributed by atoms with Crippen LogP contribution in [0, 0.1) is 30.6 Å². The van der Waals surface area contributed by atoms with Crippen LogP contribution in [0.15, 0.2) is 0 Å². The first kappa shape index (κ1) is 9.36. The highest BCUT2D eigenvalue weighted by Crippen LogP contribution is 2.53. The van der Waals surface area contributed by atoms with Crippen molar-refractivity contribution in [1.82, 2.24) is 4.67 Å². The Labute approximate surface area is 72.3 Å². The Morgan fingerprint density at radius 1 is 1.58 bits per heavy atom. The summed E-state index contributed by atoms with van der Waals surface area (Å²) in [6.07, 6.45) is 10.5. The molecule has 1 heterocycles. The summed E-state index contributed by atoms with van der Waals surface area (Å²) in [7, 11) is -1.70. The van der Waals surface area contributed by atoms with E-state index in [0.717, 1.165) is 0 Å². The van der Waals surface area contributed by atoms with Crippen LogP contribution in [0.1, 0.15) is 0 Å². The molecule has 0 aliphatic carbocycles. The van der Waals surface area contributed by atoms with Gasteiger partial charge in [-0.05, 0) is 7.05 Å². The van der Waals surface area contributed by atoms with Gasteiger partial charge in [0.2, 0.25) is 0 Å². The van der Waals surface area contributed by atoms with Gasteiger partial charge in [0, 0.05) is 0 Å². The van der Waals surface area contributed by atoms with E-state index in [1.165, 1.54) is 11.7 Å². The molecular weight excluding hydrogens is 173 g/mol. The Hall–Kier alpha value is -0.730. The lowest BCUT2D eigenvalue weighted by molar-refractivity contribution is 0.378. The average molecular weight is 183 g/mol. The first-order valence-electron chi connectivity index (χ1n) is 3.50. The van der Waals surface area contributed by atoms with E-state index in [4.69, 9.17) is 12.8 Å². The van der Waals surface area contributed by atoms with Crippen LogP contribution >= 0.6 is 7.52 Å². The van der Waals surface area contributed by atoms with E-state index < -0.39 is 13.6 Å². The second kappa shape index (κ2) is 2.96. The third-order valence-corrected chi connectivity index (χ3v) is 4.20. The van der Waals surface area contributed by atoms with Crippen molar-refractivity contribution in [1.29, 1.82) is 0 Å². The molecule has 3 nitrogen and oxygen atoms in total.